The lowest BCUT2D eigenvalue weighted by Crippen LogP contribution is -2.31. The van der Waals surface area contributed by atoms with Crippen LogP contribution in [0.2, 0.25) is 0 Å². The summed E-state index contributed by atoms with van der Waals surface area (Å²) in [5, 5.41) is 10.3. The zero-order valence-corrected chi connectivity index (χ0v) is 15.9. The summed E-state index contributed by atoms with van der Waals surface area (Å²) in [6, 6.07) is 7.21. The van der Waals surface area contributed by atoms with E-state index in [0.29, 0.717) is 29.4 Å². The molecule has 2 aromatic carbocycles. The molecule has 2 atom stereocenters. The first-order valence-corrected chi connectivity index (χ1v) is 8.62. The average Bonchev–Trinajstić information content (AvgIpc) is 2.66. The molecule has 27 heavy (non-hydrogen) atoms. The normalized spacial score (nSPS) is 17.9. The number of phenols is 1. The molecule has 2 unspecified atom stereocenters. The smallest absolute Gasteiger partial charge is 0.204 e. The van der Waals surface area contributed by atoms with E-state index in [2.05, 4.69) is 6.58 Å². The zero-order valence-electron chi connectivity index (χ0n) is 15.9. The topological polar surface area (TPSA) is 66.4 Å². The van der Waals surface area contributed by atoms with E-state index in [4.69, 9.17) is 23.7 Å². The molecular weight excluding hydrogens is 348 g/mol. The lowest BCUT2D eigenvalue weighted by Gasteiger charge is -2.33. The first-order valence-electron chi connectivity index (χ1n) is 8.62. The fraction of sp³-hybridized carbons (Fsp3) is 0.333. The monoisotopic (exact) mass is 372 g/mol. The van der Waals surface area contributed by atoms with Gasteiger partial charge in [0.25, 0.3) is 0 Å². The van der Waals surface area contributed by atoms with E-state index >= 15 is 0 Å². The molecular formula is C21H24O6. The number of fused-ring (bicyclic) bond motifs is 1. The lowest BCUT2D eigenvalue weighted by molar-refractivity contribution is 0.0278. The molecule has 0 radical (unpaired) electrons. The predicted molar refractivity (Wildman–Crippen MR) is 102 cm³/mol. The molecule has 0 aliphatic carbocycles. The Bertz CT molecular complexity index is 845. The van der Waals surface area contributed by atoms with Crippen LogP contribution in [0.3, 0.4) is 0 Å². The van der Waals surface area contributed by atoms with Crippen molar-refractivity contribution in [3.05, 3.63) is 48.0 Å². The number of aromatic hydroxyl groups is 1. The maximum Gasteiger partial charge on any atom is 0.204 e. The van der Waals surface area contributed by atoms with Crippen molar-refractivity contribution >= 4 is 0 Å². The minimum Gasteiger partial charge on any atom is -0.504 e. The summed E-state index contributed by atoms with van der Waals surface area (Å²) in [4.78, 5) is 0. The lowest BCUT2D eigenvalue weighted by atomic mass is 10.0. The molecule has 6 nitrogen and oxygen atoms in total. The number of allylic oxidation sites excluding steroid dienone is 1. The van der Waals surface area contributed by atoms with Crippen LogP contribution in [-0.4, -0.2) is 32.5 Å². The fourth-order valence-corrected chi connectivity index (χ4v) is 3.22. The van der Waals surface area contributed by atoms with Gasteiger partial charge in [0.05, 0.1) is 21.3 Å². The number of ether oxygens (including phenoxy) is 5. The maximum atomic E-state index is 10.3. The molecule has 0 saturated heterocycles. The van der Waals surface area contributed by atoms with Crippen molar-refractivity contribution in [2.24, 2.45) is 0 Å². The van der Waals surface area contributed by atoms with Gasteiger partial charge in [-0.1, -0.05) is 6.08 Å². The number of benzene rings is 2. The maximum absolute atomic E-state index is 10.3. The Labute approximate surface area is 158 Å². The standard InChI is InChI=1S/C21H24O6/c1-6-7-13-8-16(23-3)21-18(9-13)27-19(12(2)26-21)14-10-15(22)20(25-5)17(11-14)24-4/h6,8-12,19,22H,1,7H2,2-5H3. The van der Waals surface area contributed by atoms with Crippen molar-refractivity contribution in [1.82, 2.24) is 0 Å². The van der Waals surface area contributed by atoms with Crippen molar-refractivity contribution in [3.63, 3.8) is 0 Å². The van der Waals surface area contributed by atoms with Gasteiger partial charge in [0.2, 0.25) is 11.5 Å². The molecule has 0 fully saturated rings. The van der Waals surface area contributed by atoms with E-state index in [-0.39, 0.29) is 17.6 Å². The van der Waals surface area contributed by atoms with Crippen LogP contribution in [0, 0.1) is 0 Å². The third-order valence-corrected chi connectivity index (χ3v) is 4.47. The van der Waals surface area contributed by atoms with Gasteiger partial charge in [-0.25, -0.2) is 0 Å². The van der Waals surface area contributed by atoms with Crippen molar-refractivity contribution in [1.29, 1.82) is 0 Å². The van der Waals surface area contributed by atoms with Crippen LogP contribution >= 0.6 is 0 Å². The van der Waals surface area contributed by atoms with Gasteiger partial charge in [-0.05, 0) is 43.2 Å². The van der Waals surface area contributed by atoms with E-state index < -0.39 is 6.10 Å². The molecule has 0 saturated carbocycles. The third kappa shape index (κ3) is 3.47. The molecule has 0 aromatic heterocycles. The molecule has 1 aliphatic rings. The Hall–Kier alpha value is -3.02. The molecule has 0 amide bonds. The second kappa shape index (κ2) is 7.70. The Morgan fingerprint density at radius 3 is 2.41 bits per heavy atom. The van der Waals surface area contributed by atoms with E-state index in [0.717, 1.165) is 11.1 Å². The van der Waals surface area contributed by atoms with E-state index in [1.807, 2.05) is 25.1 Å². The van der Waals surface area contributed by atoms with Crippen LogP contribution in [-0.2, 0) is 6.42 Å². The number of phenolic OH excluding ortho intramolecular Hbond substituents is 1. The molecule has 2 aromatic rings. The van der Waals surface area contributed by atoms with Gasteiger partial charge < -0.3 is 28.8 Å². The third-order valence-electron chi connectivity index (χ3n) is 4.47. The second-order valence-electron chi connectivity index (χ2n) is 6.26. The fourth-order valence-electron chi connectivity index (χ4n) is 3.22. The van der Waals surface area contributed by atoms with Crippen molar-refractivity contribution in [2.75, 3.05) is 21.3 Å². The van der Waals surface area contributed by atoms with E-state index in [9.17, 15) is 5.11 Å². The second-order valence-corrected chi connectivity index (χ2v) is 6.26. The summed E-state index contributed by atoms with van der Waals surface area (Å²) in [6.07, 6.45) is 1.75. The van der Waals surface area contributed by atoms with Crippen molar-refractivity contribution in [3.8, 4) is 34.5 Å². The summed E-state index contributed by atoms with van der Waals surface area (Å²) >= 11 is 0. The van der Waals surface area contributed by atoms with Gasteiger partial charge in [0.1, 0.15) is 6.10 Å². The molecule has 6 heteroatoms. The highest BCUT2D eigenvalue weighted by atomic mass is 16.6. The summed E-state index contributed by atoms with van der Waals surface area (Å²) in [5.41, 5.74) is 1.73. The molecule has 3 rings (SSSR count). The van der Waals surface area contributed by atoms with Crippen LogP contribution in [0.25, 0.3) is 0 Å². The van der Waals surface area contributed by atoms with Crippen LogP contribution < -0.4 is 23.7 Å². The summed E-state index contributed by atoms with van der Waals surface area (Å²) in [5.74, 6) is 2.45. The Kier molecular flexibility index (Phi) is 5.35. The SMILES string of the molecule is C=CCc1cc(OC)c2c(c1)OC(c1cc(O)c(OC)c(OC)c1)C(C)O2. The molecule has 144 valence electrons. The average molecular weight is 372 g/mol. The Balaban J connectivity index is 2.02. The van der Waals surface area contributed by atoms with Gasteiger partial charge in [-0.2, -0.15) is 0 Å². The minimum absolute atomic E-state index is 0.0218. The van der Waals surface area contributed by atoms with E-state index in [1.165, 1.54) is 14.2 Å². The van der Waals surface area contributed by atoms with Gasteiger partial charge in [-0.3, -0.25) is 0 Å². The summed E-state index contributed by atoms with van der Waals surface area (Å²) < 4.78 is 28.3. The molecule has 1 N–H and O–H groups in total. The first kappa shape index (κ1) is 18.8. The van der Waals surface area contributed by atoms with Crippen LogP contribution in [0.4, 0.5) is 0 Å². The number of hydrogen-bond donors (Lipinski definition) is 1. The van der Waals surface area contributed by atoms with Gasteiger partial charge in [0.15, 0.2) is 29.1 Å². The quantitative estimate of drug-likeness (QED) is 0.772. The highest BCUT2D eigenvalue weighted by Gasteiger charge is 2.33. The number of methoxy groups -OCH3 is 3. The summed E-state index contributed by atoms with van der Waals surface area (Å²) in [6.45, 7) is 5.68. The predicted octanol–water partition coefficient (Wildman–Crippen LogP) is 4.05. The largest absolute Gasteiger partial charge is 0.504 e. The van der Waals surface area contributed by atoms with Crippen LogP contribution in [0.15, 0.2) is 36.9 Å². The minimum atomic E-state index is -0.438. The molecule has 0 bridgehead atoms. The van der Waals surface area contributed by atoms with Crippen molar-refractivity contribution < 1.29 is 28.8 Å². The van der Waals surface area contributed by atoms with Gasteiger partial charge in [0, 0.05) is 5.56 Å². The Morgan fingerprint density at radius 1 is 1.04 bits per heavy atom. The highest BCUT2D eigenvalue weighted by Crippen LogP contribution is 2.48. The van der Waals surface area contributed by atoms with Crippen LogP contribution in [0.1, 0.15) is 24.2 Å². The van der Waals surface area contributed by atoms with Gasteiger partial charge >= 0.3 is 0 Å². The molecule has 0 spiro atoms. The Morgan fingerprint density at radius 2 is 1.78 bits per heavy atom. The van der Waals surface area contributed by atoms with Crippen LogP contribution in [0.5, 0.6) is 34.5 Å². The highest BCUT2D eigenvalue weighted by molar-refractivity contribution is 5.57. The molecule has 1 heterocycles. The molecule has 1 aliphatic heterocycles. The summed E-state index contributed by atoms with van der Waals surface area (Å²) in [7, 11) is 4.59. The van der Waals surface area contributed by atoms with Crippen molar-refractivity contribution in [2.45, 2.75) is 25.6 Å². The first-order chi connectivity index (χ1) is 13.0. The number of rotatable bonds is 6. The number of hydrogen-bond acceptors (Lipinski definition) is 6. The van der Waals surface area contributed by atoms with E-state index in [1.54, 1.807) is 19.2 Å². The van der Waals surface area contributed by atoms with Gasteiger partial charge in [-0.15, -0.1) is 6.58 Å². The zero-order chi connectivity index (χ0) is 19.6.